The second kappa shape index (κ2) is 7.76. The van der Waals surface area contributed by atoms with Gasteiger partial charge in [-0.2, -0.15) is 26.3 Å². The van der Waals surface area contributed by atoms with E-state index in [0.717, 1.165) is 0 Å². The molecule has 0 radical (unpaired) electrons. The van der Waals surface area contributed by atoms with E-state index >= 15 is 0 Å². The summed E-state index contributed by atoms with van der Waals surface area (Å²) in [6, 6.07) is 6.79. The summed E-state index contributed by atoms with van der Waals surface area (Å²) >= 11 is 0. The minimum absolute atomic E-state index is 0.111. The standard InChI is InChI=1S/C18H12F6N2O4/c19-17(20,21)10-5-9(6-11(7-10)18(22,23)24)15(27)25-26-16(28)14-8-29-12-3-1-2-4-13(12)30-14/h1-7,14H,8H2,(H,25,27)(H,26,28). The lowest BCUT2D eigenvalue weighted by Gasteiger charge is -2.25. The molecule has 30 heavy (non-hydrogen) atoms. The van der Waals surface area contributed by atoms with Crippen LogP contribution in [-0.4, -0.2) is 24.5 Å². The van der Waals surface area contributed by atoms with Crippen molar-refractivity contribution in [2.24, 2.45) is 0 Å². The van der Waals surface area contributed by atoms with E-state index in [1.54, 1.807) is 23.6 Å². The molecule has 160 valence electrons. The van der Waals surface area contributed by atoms with E-state index in [1.165, 1.54) is 6.07 Å². The van der Waals surface area contributed by atoms with Crippen molar-refractivity contribution in [2.75, 3.05) is 6.61 Å². The number of carbonyl (C=O) groups is 2. The number of halogens is 6. The Labute approximate surface area is 164 Å². The van der Waals surface area contributed by atoms with Gasteiger partial charge in [0.1, 0.15) is 6.61 Å². The number of ether oxygens (including phenoxy) is 2. The highest BCUT2D eigenvalue weighted by atomic mass is 19.4. The first-order chi connectivity index (χ1) is 13.9. The van der Waals surface area contributed by atoms with Crippen LogP contribution in [-0.2, 0) is 17.1 Å². The summed E-state index contributed by atoms with van der Waals surface area (Å²) in [6.45, 7) is -0.222. The largest absolute Gasteiger partial charge is 0.485 e. The summed E-state index contributed by atoms with van der Waals surface area (Å²) in [5.41, 5.74) is -0.597. The quantitative estimate of drug-likeness (QED) is 0.562. The van der Waals surface area contributed by atoms with E-state index in [2.05, 4.69) is 0 Å². The van der Waals surface area contributed by atoms with Crippen molar-refractivity contribution in [3.8, 4) is 11.5 Å². The third kappa shape index (κ3) is 4.75. The molecule has 0 fully saturated rings. The molecule has 12 heteroatoms. The zero-order chi connectivity index (χ0) is 22.1. The van der Waals surface area contributed by atoms with Crippen LogP contribution in [0.3, 0.4) is 0 Å². The minimum atomic E-state index is -5.11. The molecule has 0 spiro atoms. The van der Waals surface area contributed by atoms with Crippen LogP contribution in [0, 0.1) is 0 Å². The number of fused-ring (bicyclic) bond motifs is 1. The number of benzene rings is 2. The number of nitrogens with one attached hydrogen (secondary N) is 2. The molecule has 0 aliphatic carbocycles. The van der Waals surface area contributed by atoms with Gasteiger partial charge in [0.2, 0.25) is 6.10 Å². The zero-order valence-corrected chi connectivity index (χ0v) is 14.7. The zero-order valence-electron chi connectivity index (χ0n) is 14.7. The molecule has 0 aromatic heterocycles. The van der Waals surface area contributed by atoms with Gasteiger partial charge in [-0.15, -0.1) is 0 Å². The Morgan fingerprint density at radius 1 is 0.867 bits per heavy atom. The molecule has 2 aromatic rings. The first-order valence-electron chi connectivity index (χ1n) is 8.23. The number of alkyl halides is 6. The SMILES string of the molecule is O=C(NNC(=O)C1COc2ccccc2O1)c1cc(C(F)(F)F)cc(C(F)(F)F)c1. The molecular formula is C18H12F6N2O4. The summed E-state index contributed by atoms with van der Waals surface area (Å²) in [4.78, 5) is 24.2. The first-order valence-corrected chi connectivity index (χ1v) is 8.23. The molecule has 0 bridgehead atoms. The van der Waals surface area contributed by atoms with Gasteiger partial charge in [0.15, 0.2) is 11.5 Å². The Morgan fingerprint density at radius 3 is 2.00 bits per heavy atom. The van der Waals surface area contributed by atoms with Crippen LogP contribution in [0.25, 0.3) is 0 Å². The third-order valence-corrected chi connectivity index (χ3v) is 3.95. The van der Waals surface area contributed by atoms with Crippen LogP contribution in [0.1, 0.15) is 21.5 Å². The van der Waals surface area contributed by atoms with Crippen LogP contribution in [0.15, 0.2) is 42.5 Å². The highest BCUT2D eigenvalue weighted by Crippen LogP contribution is 2.36. The van der Waals surface area contributed by atoms with Crippen LogP contribution < -0.4 is 20.3 Å². The maximum atomic E-state index is 12.9. The van der Waals surface area contributed by atoms with Gasteiger partial charge in [0.25, 0.3) is 11.8 Å². The topological polar surface area (TPSA) is 76.7 Å². The van der Waals surface area contributed by atoms with Crippen LogP contribution >= 0.6 is 0 Å². The fourth-order valence-electron chi connectivity index (χ4n) is 2.51. The maximum Gasteiger partial charge on any atom is 0.416 e. The average molecular weight is 434 g/mol. The van der Waals surface area contributed by atoms with Crippen molar-refractivity contribution in [2.45, 2.75) is 18.5 Å². The molecule has 2 amide bonds. The van der Waals surface area contributed by atoms with Crippen molar-refractivity contribution in [3.63, 3.8) is 0 Å². The molecule has 2 N–H and O–H groups in total. The average Bonchev–Trinajstić information content (AvgIpc) is 2.69. The van der Waals surface area contributed by atoms with Gasteiger partial charge in [-0.25, -0.2) is 0 Å². The summed E-state index contributed by atoms with van der Waals surface area (Å²) < 4.78 is 88.0. The Hall–Kier alpha value is -3.44. The van der Waals surface area contributed by atoms with Crippen LogP contribution in [0.4, 0.5) is 26.3 Å². The number of para-hydroxylation sites is 2. The minimum Gasteiger partial charge on any atom is -0.485 e. The number of hydrogen-bond acceptors (Lipinski definition) is 4. The van der Waals surface area contributed by atoms with E-state index in [1.807, 2.05) is 5.43 Å². The molecule has 0 saturated carbocycles. The Bertz CT molecular complexity index is 942. The fraction of sp³-hybridized carbons (Fsp3) is 0.222. The van der Waals surface area contributed by atoms with Crippen LogP contribution in [0.5, 0.6) is 11.5 Å². The van der Waals surface area contributed by atoms with E-state index in [4.69, 9.17) is 9.47 Å². The predicted molar refractivity (Wildman–Crippen MR) is 88.4 cm³/mol. The van der Waals surface area contributed by atoms with Gasteiger partial charge in [0.05, 0.1) is 11.1 Å². The normalized spacial score (nSPS) is 16.0. The van der Waals surface area contributed by atoms with Crippen molar-refractivity contribution in [1.29, 1.82) is 0 Å². The lowest BCUT2D eigenvalue weighted by molar-refractivity contribution is -0.143. The fourth-order valence-corrected chi connectivity index (χ4v) is 2.51. The number of rotatable bonds is 2. The van der Waals surface area contributed by atoms with Crippen LogP contribution in [0.2, 0.25) is 0 Å². The lowest BCUT2D eigenvalue weighted by Crippen LogP contribution is -2.50. The van der Waals surface area contributed by atoms with Crippen molar-refractivity contribution >= 4 is 11.8 Å². The molecular weight excluding hydrogens is 422 g/mol. The number of amides is 2. The summed E-state index contributed by atoms with van der Waals surface area (Å²) in [5.74, 6) is -1.66. The Balaban J connectivity index is 1.71. The molecule has 1 aliphatic heterocycles. The van der Waals surface area contributed by atoms with Crippen molar-refractivity contribution in [3.05, 3.63) is 59.2 Å². The lowest BCUT2D eigenvalue weighted by atomic mass is 10.0. The van der Waals surface area contributed by atoms with Crippen molar-refractivity contribution in [1.82, 2.24) is 10.9 Å². The number of carbonyl (C=O) groups excluding carboxylic acids is 2. The second-order valence-electron chi connectivity index (χ2n) is 6.10. The summed E-state index contributed by atoms with van der Waals surface area (Å²) in [6.07, 6.45) is -11.4. The third-order valence-electron chi connectivity index (χ3n) is 3.95. The Morgan fingerprint density at radius 2 is 1.43 bits per heavy atom. The monoisotopic (exact) mass is 434 g/mol. The van der Waals surface area contributed by atoms with E-state index in [-0.39, 0.29) is 30.6 Å². The molecule has 1 atom stereocenters. The van der Waals surface area contributed by atoms with Gasteiger partial charge in [-0.05, 0) is 30.3 Å². The highest BCUT2D eigenvalue weighted by molar-refractivity contribution is 5.96. The Kier molecular flexibility index (Phi) is 5.51. The van der Waals surface area contributed by atoms with E-state index in [0.29, 0.717) is 5.75 Å². The molecule has 3 rings (SSSR count). The van der Waals surface area contributed by atoms with E-state index in [9.17, 15) is 35.9 Å². The summed E-state index contributed by atoms with van der Waals surface area (Å²) in [5, 5.41) is 0. The number of hydrogen-bond donors (Lipinski definition) is 2. The smallest absolute Gasteiger partial charge is 0.416 e. The molecule has 1 heterocycles. The predicted octanol–water partition coefficient (Wildman–Crippen LogP) is 3.33. The van der Waals surface area contributed by atoms with Gasteiger partial charge < -0.3 is 9.47 Å². The molecule has 6 nitrogen and oxygen atoms in total. The van der Waals surface area contributed by atoms with E-state index < -0.39 is 47.0 Å². The first kappa shape index (κ1) is 21.3. The van der Waals surface area contributed by atoms with Crippen molar-refractivity contribution < 1.29 is 45.4 Å². The summed E-state index contributed by atoms with van der Waals surface area (Å²) in [7, 11) is 0. The van der Waals surface area contributed by atoms with Gasteiger partial charge in [-0.3, -0.25) is 20.4 Å². The molecule has 1 unspecified atom stereocenters. The van der Waals surface area contributed by atoms with Gasteiger partial charge in [-0.1, -0.05) is 12.1 Å². The molecule has 0 saturated heterocycles. The highest BCUT2D eigenvalue weighted by Gasteiger charge is 2.37. The van der Waals surface area contributed by atoms with Gasteiger partial charge in [0, 0.05) is 5.56 Å². The maximum absolute atomic E-state index is 12.9. The second-order valence-corrected chi connectivity index (χ2v) is 6.10. The number of hydrazine groups is 1. The molecule has 2 aromatic carbocycles. The van der Waals surface area contributed by atoms with Gasteiger partial charge >= 0.3 is 12.4 Å². The molecule has 1 aliphatic rings.